The third-order valence-electron chi connectivity index (χ3n) is 3.71. The molecule has 0 aliphatic carbocycles. The van der Waals surface area contributed by atoms with Crippen LogP contribution in [-0.4, -0.2) is 38.8 Å². The van der Waals surface area contributed by atoms with E-state index in [9.17, 15) is 9.59 Å². The van der Waals surface area contributed by atoms with Crippen LogP contribution in [0, 0.1) is 0 Å². The van der Waals surface area contributed by atoms with Crippen molar-refractivity contribution in [3.63, 3.8) is 0 Å². The average molecular weight is 369 g/mol. The Labute approximate surface area is 158 Å². The van der Waals surface area contributed by atoms with Gasteiger partial charge < -0.3 is 14.8 Å². The van der Waals surface area contributed by atoms with Gasteiger partial charge in [-0.2, -0.15) is 5.10 Å². The number of hydrazone groups is 1. The molecule has 7 heteroatoms. The fourth-order valence-corrected chi connectivity index (χ4v) is 2.35. The number of hydrogen-bond acceptors (Lipinski definition) is 5. The minimum atomic E-state index is -0.482. The topological polar surface area (TPSA) is 89.0 Å². The number of rotatable bonds is 9. The number of carbonyl (C=O) groups excluding carboxylic acids is 2. The van der Waals surface area contributed by atoms with Crippen molar-refractivity contribution in [3.8, 4) is 11.5 Å². The van der Waals surface area contributed by atoms with Gasteiger partial charge in [0.1, 0.15) is 6.42 Å². The SMILES string of the molecule is COc1ccc(C=NNC(=O)CC(=O)NCCc2ccccc2)cc1OC. The molecule has 0 heterocycles. The maximum absolute atomic E-state index is 11.8. The predicted octanol–water partition coefficient (Wildman–Crippen LogP) is 1.90. The predicted molar refractivity (Wildman–Crippen MR) is 103 cm³/mol. The summed E-state index contributed by atoms with van der Waals surface area (Å²) in [5.74, 6) is 0.338. The molecular weight excluding hydrogens is 346 g/mol. The van der Waals surface area contributed by atoms with E-state index in [1.807, 2.05) is 30.3 Å². The van der Waals surface area contributed by atoms with Crippen molar-refractivity contribution in [2.45, 2.75) is 12.8 Å². The van der Waals surface area contributed by atoms with Crippen molar-refractivity contribution in [2.75, 3.05) is 20.8 Å². The third-order valence-corrected chi connectivity index (χ3v) is 3.71. The molecule has 27 heavy (non-hydrogen) atoms. The molecule has 142 valence electrons. The molecule has 7 nitrogen and oxygen atoms in total. The van der Waals surface area contributed by atoms with E-state index in [1.54, 1.807) is 25.3 Å². The molecule has 2 N–H and O–H groups in total. The first kappa shape index (κ1) is 20.0. The fraction of sp³-hybridized carbons (Fsp3) is 0.250. The van der Waals surface area contributed by atoms with Gasteiger partial charge in [-0.05, 0) is 35.7 Å². The standard InChI is InChI=1S/C20H23N3O4/c1-26-17-9-8-16(12-18(17)27-2)14-22-23-20(25)13-19(24)21-11-10-15-6-4-3-5-7-15/h3-9,12,14H,10-11,13H2,1-2H3,(H,21,24)(H,23,25). The Morgan fingerprint density at radius 3 is 2.44 bits per heavy atom. The Bertz CT molecular complexity index is 791. The van der Waals surface area contributed by atoms with Gasteiger partial charge >= 0.3 is 0 Å². The first-order valence-corrected chi connectivity index (χ1v) is 8.47. The highest BCUT2D eigenvalue weighted by molar-refractivity contribution is 5.97. The van der Waals surface area contributed by atoms with Crippen LogP contribution in [0.3, 0.4) is 0 Å². The lowest BCUT2D eigenvalue weighted by Crippen LogP contribution is -2.31. The maximum Gasteiger partial charge on any atom is 0.249 e. The van der Waals surface area contributed by atoms with E-state index in [0.717, 1.165) is 11.1 Å². The van der Waals surface area contributed by atoms with Gasteiger partial charge in [-0.25, -0.2) is 5.43 Å². The van der Waals surface area contributed by atoms with E-state index in [2.05, 4.69) is 15.8 Å². The normalized spacial score (nSPS) is 10.4. The Morgan fingerprint density at radius 1 is 1.00 bits per heavy atom. The molecule has 0 saturated heterocycles. The molecule has 0 spiro atoms. The zero-order chi connectivity index (χ0) is 19.5. The summed E-state index contributed by atoms with van der Waals surface area (Å²) in [4.78, 5) is 23.5. The summed E-state index contributed by atoms with van der Waals surface area (Å²) in [5, 5.41) is 6.57. The lowest BCUT2D eigenvalue weighted by Gasteiger charge is -2.07. The number of methoxy groups -OCH3 is 2. The van der Waals surface area contributed by atoms with Gasteiger partial charge in [0.05, 0.1) is 20.4 Å². The van der Waals surface area contributed by atoms with Crippen molar-refractivity contribution in [3.05, 3.63) is 59.7 Å². The molecule has 0 aliphatic rings. The second kappa shape index (κ2) is 10.6. The van der Waals surface area contributed by atoms with Crippen molar-refractivity contribution >= 4 is 18.0 Å². The lowest BCUT2D eigenvalue weighted by atomic mass is 10.1. The van der Waals surface area contributed by atoms with Crippen molar-refractivity contribution < 1.29 is 19.1 Å². The van der Waals surface area contributed by atoms with Gasteiger partial charge in [0, 0.05) is 6.54 Å². The Morgan fingerprint density at radius 2 is 1.74 bits per heavy atom. The highest BCUT2D eigenvalue weighted by Gasteiger charge is 2.08. The number of carbonyl (C=O) groups is 2. The number of benzene rings is 2. The van der Waals surface area contributed by atoms with Crippen LogP contribution in [0.15, 0.2) is 53.6 Å². The molecule has 0 atom stereocenters. The number of ether oxygens (including phenoxy) is 2. The van der Waals surface area contributed by atoms with Gasteiger partial charge in [-0.3, -0.25) is 9.59 Å². The Balaban J connectivity index is 1.73. The summed E-state index contributed by atoms with van der Waals surface area (Å²) in [6.07, 6.45) is 1.90. The molecule has 0 radical (unpaired) electrons. The zero-order valence-electron chi connectivity index (χ0n) is 15.4. The van der Waals surface area contributed by atoms with Gasteiger partial charge in [-0.1, -0.05) is 30.3 Å². The summed E-state index contributed by atoms with van der Waals surface area (Å²) < 4.78 is 10.4. The number of amides is 2. The molecule has 0 unspecified atom stereocenters. The summed E-state index contributed by atoms with van der Waals surface area (Å²) in [6, 6.07) is 15.0. The maximum atomic E-state index is 11.8. The van der Waals surface area contributed by atoms with Crippen LogP contribution in [0.2, 0.25) is 0 Å². The molecule has 2 rings (SSSR count). The smallest absolute Gasteiger partial charge is 0.249 e. The van der Waals surface area contributed by atoms with Crippen LogP contribution in [0.5, 0.6) is 11.5 Å². The quantitative estimate of drug-likeness (QED) is 0.401. The van der Waals surface area contributed by atoms with Crippen LogP contribution >= 0.6 is 0 Å². The first-order chi connectivity index (χ1) is 13.1. The molecule has 0 aliphatic heterocycles. The summed E-state index contributed by atoms with van der Waals surface area (Å²) in [5.41, 5.74) is 4.18. The van der Waals surface area contributed by atoms with Gasteiger partial charge in [0.25, 0.3) is 0 Å². The van der Waals surface area contributed by atoms with E-state index in [-0.39, 0.29) is 12.3 Å². The highest BCUT2D eigenvalue weighted by atomic mass is 16.5. The monoisotopic (exact) mass is 369 g/mol. The summed E-state index contributed by atoms with van der Waals surface area (Å²) in [6.45, 7) is 0.477. The molecule has 0 aromatic heterocycles. The first-order valence-electron chi connectivity index (χ1n) is 8.47. The number of nitrogens with zero attached hydrogens (tertiary/aromatic N) is 1. The number of hydrogen-bond donors (Lipinski definition) is 2. The second-order valence-electron chi connectivity index (χ2n) is 5.67. The van der Waals surface area contributed by atoms with Crippen molar-refractivity contribution in [1.82, 2.24) is 10.7 Å². The molecular formula is C20H23N3O4. The molecule has 2 aromatic carbocycles. The van der Waals surface area contributed by atoms with Crippen LogP contribution in [0.1, 0.15) is 17.5 Å². The van der Waals surface area contributed by atoms with Crippen LogP contribution < -0.4 is 20.2 Å². The second-order valence-corrected chi connectivity index (χ2v) is 5.67. The summed E-state index contributed by atoms with van der Waals surface area (Å²) >= 11 is 0. The van der Waals surface area contributed by atoms with E-state index in [4.69, 9.17) is 9.47 Å². The molecule has 0 saturated carbocycles. The number of nitrogens with one attached hydrogen (secondary N) is 2. The minimum absolute atomic E-state index is 0.280. The van der Waals surface area contributed by atoms with Crippen LogP contribution in [0.4, 0.5) is 0 Å². The van der Waals surface area contributed by atoms with Crippen molar-refractivity contribution in [1.29, 1.82) is 0 Å². The minimum Gasteiger partial charge on any atom is -0.493 e. The van der Waals surface area contributed by atoms with Gasteiger partial charge in [0.15, 0.2) is 11.5 Å². The lowest BCUT2D eigenvalue weighted by molar-refractivity contribution is -0.129. The molecule has 0 fully saturated rings. The Hall–Kier alpha value is -3.35. The third kappa shape index (κ3) is 6.81. The van der Waals surface area contributed by atoms with Crippen LogP contribution in [0.25, 0.3) is 0 Å². The molecule has 2 amide bonds. The van der Waals surface area contributed by atoms with Crippen LogP contribution in [-0.2, 0) is 16.0 Å². The zero-order valence-corrected chi connectivity index (χ0v) is 15.4. The van der Waals surface area contributed by atoms with Gasteiger partial charge in [-0.15, -0.1) is 0 Å². The van der Waals surface area contributed by atoms with Crippen molar-refractivity contribution in [2.24, 2.45) is 5.10 Å². The van der Waals surface area contributed by atoms with E-state index in [0.29, 0.717) is 24.5 Å². The molecule has 2 aromatic rings. The average Bonchev–Trinajstić information content (AvgIpc) is 2.68. The van der Waals surface area contributed by atoms with Gasteiger partial charge in [0.2, 0.25) is 11.8 Å². The van der Waals surface area contributed by atoms with E-state index in [1.165, 1.54) is 13.3 Å². The largest absolute Gasteiger partial charge is 0.493 e. The summed E-state index contributed by atoms with van der Waals surface area (Å²) in [7, 11) is 3.09. The molecule has 0 bridgehead atoms. The van der Waals surface area contributed by atoms with E-state index >= 15 is 0 Å². The van der Waals surface area contributed by atoms with E-state index < -0.39 is 5.91 Å². The Kier molecular flexibility index (Phi) is 7.84. The fourth-order valence-electron chi connectivity index (χ4n) is 2.35. The highest BCUT2D eigenvalue weighted by Crippen LogP contribution is 2.26.